The van der Waals surface area contributed by atoms with Crippen LogP contribution in [0.2, 0.25) is 0 Å². The van der Waals surface area contributed by atoms with Crippen molar-refractivity contribution in [2.24, 2.45) is 21.3 Å². The van der Waals surface area contributed by atoms with Crippen molar-refractivity contribution in [2.45, 2.75) is 131 Å². The molecule has 3 saturated heterocycles. The summed E-state index contributed by atoms with van der Waals surface area (Å²) in [6, 6.07) is 7.66. The fourth-order valence-corrected chi connectivity index (χ4v) is 7.42. The number of rotatable bonds is 15. The van der Waals surface area contributed by atoms with Crippen LogP contribution in [0.4, 0.5) is 0 Å². The molecule has 22 nitrogen and oxygen atoms in total. The third-order valence-electron chi connectivity index (χ3n) is 10.3. The molecular formula is C32H48N10O12. The van der Waals surface area contributed by atoms with Gasteiger partial charge in [0.1, 0.15) is 30.5 Å². The smallest absolute Gasteiger partial charge is 0.187 e. The number of hydrogen-bond acceptors (Lipinski definition) is 16. The number of aliphatic hydroxyl groups is 6. The summed E-state index contributed by atoms with van der Waals surface area (Å²) in [5.41, 5.74) is 28.4. The molecule has 5 rings (SSSR count). The van der Waals surface area contributed by atoms with Gasteiger partial charge in [-0.05, 0) is 42.0 Å². The van der Waals surface area contributed by atoms with Crippen LogP contribution in [0.25, 0.3) is 31.3 Å². The van der Waals surface area contributed by atoms with Gasteiger partial charge in [0.15, 0.2) is 18.9 Å². The number of likely N-dealkylation sites (N-methyl/N-ethyl adjacent to an activating group) is 1. The predicted octanol–water partition coefficient (Wildman–Crippen LogP) is 0.734. The number of ether oxygens (including phenoxy) is 6. The topological polar surface area (TPSA) is 326 Å². The molecule has 1 aromatic rings. The van der Waals surface area contributed by atoms with E-state index in [1.54, 1.807) is 6.92 Å². The Morgan fingerprint density at radius 3 is 2.20 bits per heavy atom. The van der Waals surface area contributed by atoms with E-state index < -0.39 is 105 Å². The molecule has 0 spiro atoms. The van der Waals surface area contributed by atoms with E-state index in [0.29, 0.717) is 25.9 Å². The molecular weight excluding hydrogens is 716 g/mol. The Morgan fingerprint density at radius 1 is 0.796 bits per heavy atom. The van der Waals surface area contributed by atoms with Gasteiger partial charge in [0, 0.05) is 40.2 Å². The molecule has 3 heterocycles. The summed E-state index contributed by atoms with van der Waals surface area (Å²) in [6.45, 7) is 1.74. The molecule has 6 N–H and O–H groups in total. The molecule has 0 aromatic heterocycles. The summed E-state index contributed by atoms with van der Waals surface area (Å²) in [6.07, 6.45) is -17.5. The summed E-state index contributed by atoms with van der Waals surface area (Å²) in [4.78, 5) is 10.4. The zero-order chi connectivity index (χ0) is 38.9. The van der Waals surface area contributed by atoms with Crippen LogP contribution in [-0.2, 0) is 35.0 Å². The Labute approximate surface area is 310 Å². The van der Waals surface area contributed by atoms with Gasteiger partial charge in [0.05, 0.1) is 61.9 Å². The quantitative estimate of drug-likeness (QED) is 0.0816. The van der Waals surface area contributed by atoms with E-state index in [-0.39, 0.29) is 19.1 Å². The fourth-order valence-electron chi connectivity index (χ4n) is 7.42. The van der Waals surface area contributed by atoms with Gasteiger partial charge in [-0.3, -0.25) is 4.90 Å². The second-order valence-electron chi connectivity index (χ2n) is 14.0. The number of benzene rings is 1. The third kappa shape index (κ3) is 9.89. The highest BCUT2D eigenvalue weighted by Crippen LogP contribution is 2.38. The highest BCUT2D eigenvalue weighted by atomic mass is 16.8. The molecule has 1 aliphatic carbocycles. The summed E-state index contributed by atoms with van der Waals surface area (Å²) in [5, 5.41) is 75.7. The van der Waals surface area contributed by atoms with Crippen molar-refractivity contribution in [2.75, 3.05) is 26.7 Å². The van der Waals surface area contributed by atoms with Gasteiger partial charge in [-0.25, -0.2) is 0 Å². The molecule has 0 radical (unpaired) electrons. The zero-order valence-electron chi connectivity index (χ0n) is 29.8. The lowest BCUT2D eigenvalue weighted by molar-refractivity contribution is -0.303. The van der Waals surface area contributed by atoms with Crippen LogP contribution < -0.4 is 0 Å². The van der Waals surface area contributed by atoms with E-state index in [9.17, 15) is 41.7 Å². The van der Waals surface area contributed by atoms with Crippen molar-refractivity contribution < 1.29 is 59.1 Å². The van der Waals surface area contributed by atoms with Crippen molar-refractivity contribution in [1.82, 2.24) is 4.90 Å². The Kier molecular flexibility index (Phi) is 15.1. The zero-order valence-corrected chi connectivity index (χ0v) is 29.8. The van der Waals surface area contributed by atoms with Gasteiger partial charge in [-0.15, -0.1) is 0 Å². The van der Waals surface area contributed by atoms with E-state index in [0.717, 1.165) is 5.56 Å². The molecule has 1 saturated carbocycles. The van der Waals surface area contributed by atoms with Crippen LogP contribution in [0.5, 0.6) is 0 Å². The second-order valence-corrected chi connectivity index (χ2v) is 14.0. The maximum atomic E-state index is 11.5. The van der Waals surface area contributed by atoms with Crippen molar-refractivity contribution in [1.29, 1.82) is 0 Å². The van der Waals surface area contributed by atoms with Crippen molar-refractivity contribution in [3.63, 3.8) is 0 Å². The SMILES string of the molecule is C[C@@H]1[C@@H](OC2O[C@H](CN(C)Cc3ccccc3)CCC2N=[N+]=[N-])[C@H](O[C@@H]2O[C@H](CO)[C@@H](O[C@@H]3C[C@@H](O)[C@H](O)[C@H](CN=[N+]=[N-])O3)[C@H]2O)[C@@H](O)C(N=[N+]=[N-])[C@H]1O. The van der Waals surface area contributed by atoms with Crippen LogP contribution in [0, 0.1) is 5.92 Å². The van der Waals surface area contributed by atoms with Crippen LogP contribution in [0.1, 0.15) is 31.7 Å². The molecule has 3 unspecified atom stereocenters. The number of aliphatic hydroxyl groups excluding tert-OH is 6. The highest BCUT2D eigenvalue weighted by molar-refractivity contribution is 5.14. The van der Waals surface area contributed by atoms with Crippen molar-refractivity contribution in [3.8, 4) is 0 Å². The standard InChI is InChI=1S/C32H48N10O12/c1-15-24(45)23(38-41-35)26(47)30(28(15)53-31-18(37-40-34)9-8-17(49-31)13-42(2)12-16-6-4-3-5-7-16)54-32-27(48)29(21(14-43)51-32)52-22-10-19(44)25(46)20(50-22)11-36-39-33/h3-7,15,17-32,43-48H,8-14H2,1-2H3/t15-,17-,18?,19+,20-,21+,22+,23?,24-,25-,26-,27+,28+,29+,30+,31?,32-/m0/s1. The Morgan fingerprint density at radius 2 is 1.52 bits per heavy atom. The largest absolute Gasteiger partial charge is 0.394 e. The number of azide groups is 3. The lowest BCUT2D eigenvalue weighted by Crippen LogP contribution is -2.63. The molecule has 54 heavy (non-hydrogen) atoms. The minimum absolute atomic E-state index is 0.238. The molecule has 4 fully saturated rings. The first-order chi connectivity index (χ1) is 26.0. The van der Waals surface area contributed by atoms with E-state index >= 15 is 0 Å². The second kappa shape index (κ2) is 19.5. The maximum absolute atomic E-state index is 11.5. The first kappa shape index (κ1) is 41.8. The first-order valence-corrected chi connectivity index (χ1v) is 17.7. The summed E-state index contributed by atoms with van der Waals surface area (Å²) >= 11 is 0. The first-order valence-electron chi connectivity index (χ1n) is 17.7. The molecule has 0 bridgehead atoms. The van der Waals surface area contributed by atoms with Crippen LogP contribution in [-0.4, -0.2) is 160 Å². The summed E-state index contributed by atoms with van der Waals surface area (Å²) in [5.74, 6) is -0.888. The predicted molar refractivity (Wildman–Crippen MR) is 183 cm³/mol. The van der Waals surface area contributed by atoms with Gasteiger partial charge in [0.25, 0.3) is 0 Å². The van der Waals surface area contributed by atoms with Crippen LogP contribution in [0.3, 0.4) is 0 Å². The Balaban J connectivity index is 1.33. The van der Waals surface area contributed by atoms with E-state index in [2.05, 4.69) is 35.0 Å². The van der Waals surface area contributed by atoms with Gasteiger partial charge < -0.3 is 59.1 Å². The van der Waals surface area contributed by atoms with E-state index in [1.165, 1.54) is 0 Å². The van der Waals surface area contributed by atoms with Crippen LogP contribution in [0.15, 0.2) is 45.7 Å². The highest BCUT2D eigenvalue weighted by Gasteiger charge is 2.55. The van der Waals surface area contributed by atoms with Crippen molar-refractivity contribution >= 4 is 0 Å². The summed E-state index contributed by atoms with van der Waals surface area (Å²) < 4.78 is 36.3. The van der Waals surface area contributed by atoms with Crippen LogP contribution >= 0.6 is 0 Å². The molecule has 298 valence electrons. The summed E-state index contributed by atoms with van der Waals surface area (Å²) in [7, 11) is 1.94. The van der Waals surface area contributed by atoms with Gasteiger partial charge in [0.2, 0.25) is 0 Å². The maximum Gasteiger partial charge on any atom is 0.187 e. The van der Waals surface area contributed by atoms with E-state index in [1.807, 2.05) is 37.4 Å². The Bertz CT molecular complexity index is 1500. The van der Waals surface area contributed by atoms with Gasteiger partial charge >= 0.3 is 0 Å². The van der Waals surface area contributed by atoms with Crippen molar-refractivity contribution in [3.05, 3.63) is 67.2 Å². The molecule has 1 aromatic carbocycles. The fraction of sp³-hybridized carbons (Fsp3) is 0.812. The van der Waals surface area contributed by atoms with Gasteiger partial charge in [-0.2, -0.15) is 0 Å². The normalized spacial score (nSPS) is 41.0. The molecule has 17 atom stereocenters. The third-order valence-corrected chi connectivity index (χ3v) is 10.3. The Hall–Kier alpha value is -3.37. The number of hydrogen-bond donors (Lipinski definition) is 6. The lowest BCUT2D eigenvalue weighted by Gasteiger charge is -2.48. The van der Waals surface area contributed by atoms with E-state index in [4.69, 9.17) is 34.0 Å². The minimum Gasteiger partial charge on any atom is -0.394 e. The molecule has 22 heteroatoms. The molecule has 0 amide bonds. The number of nitrogens with zero attached hydrogens (tertiary/aromatic N) is 10. The average molecular weight is 765 g/mol. The molecule has 3 aliphatic heterocycles. The molecule has 4 aliphatic rings. The lowest BCUT2D eigenvalue weighted by atomic mass is 9.78. The monoisotopic (exact) mass is 764 g/mol. The van der Waals surface area contributed by atoms with Gasteiger partial charge in [-0.1, -0.05) is 52.6 Å². The minimum atomic E-state index is -1.71. The average Bonchev–Trinajstić information content (AvgIpc) is 3.45.